The maximum atomic E-state index is 3.77. The highest BCUT2D eigenvalue weighted by atomic mass is 15.1. The number of rotatable bonds is 4. The van der Waals surface area contributed by atoms with Crippen LogP contribution in [0.5, 0.6) is 0 Å². The van der Waals surface area contributed by atoms with Crippen LogP contribution in [0.25, 0.3) is 0 Å². The molecule has 0 aromatic heterocycles. The van der Waals surface area contributed by atoms with Crippen molar-refractivity contribution in [3.8, 4) is 0 Å². The molecule has 2 nitrogen and oxygen atoms in total. The molecule has 1 aliphatic carbocycles. The number of nitrogens with zero attached hydrogens (tertiary/aromatic N) is 1. The second-order valence-corrected chi connectivity index (χ2v) is 5.89. The van der Waals surface area contributed by atoms with E-state index >= 15 is 0 Å². The van der Waals surface area contributed by atoms with E-state index in [0.717, 1.165) is 18.0 Å². The summed E-state index contributed by atoms with van der Waals surface area (Å²) >= 11 is 0. The Morgan fingerprint density at radius 2 is 2.00 bits per heavy atom. The van der Waals surface area contributed by atoms with Gasteiger partial charge in [-0.15, -0.1) is 0 Å². The van der Waals surface area contributed by atoms with Crippen LogP contribution in [-0.4, -0.2) is 37.1 Å². The summed E-state index contributed by atoms with van der Waals surface area (Å²) in [6.45, 7) is 4.94. The zero-order valence-corrected chi connectivity index (χ0v) is 11.0. The lowest BCUT2D eigenvalue weighted by Gasteiger charge is -2.33. The lowest BCUT2D eigenvalue weighted by Crippen LogP contribution is -2.40. The fraction of sp³-hybridized carbons (Fsp3) is 1.00. The molecule has 3 unspecified atom stereocenters. The van der Waals surface area contributed by atoms with Gasteiger partial charge in [-0.2, -0.15) is 0 Å². The quantitative estimate of drug-likeness (QED) is 0.790. The predicted molar refractivity (Wildman–Crippen MR) is 69.7 cm³/mol. The number of hydrogen-bond acceptors (Lipinski definition) is 2. The molecule has 1 aliphatic heterocycles. The maximum absolute atomic E-state index is 3.77. The van der Waals surface area contributed by atoms with Crippen LogP contribution in [0.15, 0.2) is 0 Å². The Morgan fingerprint density at radius 3 is 2.69 bits per heavy atom. The first kappa shape index (κ1) is 12.4. The Kier molecular flexibility index (Phi) is 4.66. The van der Waals surface area contributed by atoms with Gasteiger partial charge in [0.15, 0.2) is 0 Å². The largest absolute Gasteiger partial charge is 0.314 e. The minimum atomic E-state index is 0.814. The van der Waals surface area contributed by atoms with E-state index < -0.39 is 0 Å². The number of piperidine rings is 1. The fourth-order valence-corrected chi connectivity index (χ4v) is 3.39. The Hall–Kier alpha value is -0.0800. The van der Waals surface area contributed by atoms with Crippen molar-refractivity contribution in [1.82, 2.24) is 10.2 Å². The highest BCUT2D eigenvalue weighted by Crippen LogP contribution is 2.25. The van der Waals surface area contributed by atoms with Gasteiger partial charge in [0.25, 0.3) is 0 Å². The van der Waals surface area contributed by atoms with E-state index in [1.54, 1.807) is 0 Å². The second kappa shape index (κ2) is 6.02. The summed E-state index contributed by atoms with van der Waals surface area (Å²) in [5.74, 6) is 0.907. The van der Waals surface area contributed by atoms with E-state index in [4.69, 9.17) is 0 Å². The van der Waals surface area contributed by atoms with Crippen LogP contribution in [0, 0.1) is 5.92 Å². The molecule has 1 N–H and O–H groups in total. The van der Waals surface area contributed by atoms with Crippen LogP contribution in [0.3, 0.4) is 0 Å². The van der Waals surface area contributed by atoms with E-state index in [9.17, 15) is 0 Å². The summed E-state index contributed by atoms with van der Waals surface area (Å²) in [5.41, 5.74) is 0. The van der Waals surface area contributed by atoms with Gasteiger partial charge in [-0.05, 0) is 58.2 Å². The molecule has 1 saturated heterocycles. The van der Waals surface area contributed by atoms with Gasteiger partial charge in [0, 0.05) is 12.1 Å². The van der Waals surface area contributed by atoms with Crippen molar-refractivity contribution in [3.05, 3.63) is 0 Å². The molecular weight excluding hydrogens is 196 g/mol. The smallest absolute Gasteiger partial charge is 0.0104 e. The number of hydrogen-bond donors (Lipinski definition) is 1. The van der Waals surface area contributed by atoms with E-state index in [2.05, 4.69) is 24.2 Å². The normalized spacial score (nSPS) is 36.8. The molecule has 2 heteroatoms. The lowest BCUT2D eigenvalue weighted by atomic mass is 9.99. The SMILES string of the molecule is CC1CCCC1NCCC1CCCCN1C. The molecule has 94 valence electrons. The van der Waals surface area contributed by atoms with Crippen LogP contribution >= 0.6 is 0 Å². The van der Waals surface area contributed by atoms with Crippen LogP contribution in [0.2, 0.25) is 0 Å². The summed E-state index contributed by atoms with van der Waals surface area (Å²) in [7, 11) is 2.29. The molecule has 0 radical (unpaired) electrons. The van der Waals surface area contributed by atoms with E-state index in [0.29, 0.717) is 0 Å². The van der Waals surface area contributed by atoms with Gasteiger partial charge >= 0.3 is 0 Å². The maximum Gasteiger partial charge on any atom is 0.0104 e. The van der Waals surface area contributed by atoms with Gasteiger partial charge < -0.3 is 10.2 Å². The van der Waals surface area contributed by atoms with Gasteiger partial charge in [-0.1, -0.05) is 19.8 Å². The molecule has 1 saturated carbocycles. The predicted octanol–water partition coefficient (Wildman–Crippen LogP) is 2.64. The summed E-state index contributed by atoms with van der Waals surface area (Å²) < 4.78 is 0. The average molecular weight is 224 g/mol. The number of nitrogens with one attached hydrogen (secondary N) is 1. The van der Waals surface area contributed by atoms with Crippen molar-refractivity contribution < 1.29 is 0 Å². The standard InChI is InChI=1S/C14H28N2/c1-12-6-5-8-14(12)15-10-9-13-7-3-4-11-16(13)2/h12-15H,3-11H2,1-2H3. The molecule has 0 bridgehead atoms. The molecule has 2 rings (SSSR count). The Labute approximate surface area is 101 Å². The zero-order chi connectivity index (χ0) is 11.4. The first-order valence-electron chi connectivity index (χ1n) is 7.21. The van der Waals surface area contributed by atoms with Gasteiger partial charge in [0.1, 0.15) is 0 Å². The molecule has 16 heavy (non-hydrogen) atoms. The molecule has 2 aliphatic rings. The van der Waals surface area contributed by atoms with Crippen molar-refractivity contribution in [2.45, 2.75) is 64.0 Å². The molecule has 2 fully saturated rings. The van der Waals surface area contributed by atoms with E-state index in [1.165, 1.54) is 58.0 Å². The highest BCUT2D eigenvalue weighted by Gasteiger charge is 2.23. The topological polar surface area (TPSA) is 15.3 Å². The molecule has 1 heterocycles. The van der Waals surface area contributed by atoms with Crippen LogP contribution in [0.1, 0.15) is 51.9 Å². The molecule has 0 amide bonds. The van der Waals surface area contributed by atoms with Crippen molar-refractivity contribution in [1.29, 1.82) is 0 Å². The molecular formula is C14H28N2. The van der Waals surface area contributed by atoms with Crippen molar-refractivity contribution >= 4 is 0 Å². The summed E-state index contributed by atoms with van der Waals surface area (Å²) in [5, 5.41) is 3.77. The van der Waals surface area contributed by atoms with Gasteiger partial charge in [-0.3, -0.25) is 0 Å². The second-order valence-electron chi connectivity index (χ2n) is 5.89. The average Bonchev–Trinajstić information content (AvgIpc) is 2.67. The van der Waals surface area contributed by atoms with Gasteiger partial charge in [0.2, 0.25) is 0 Å². The minimum absolute atomic E-state index is 0.814. The lowest BCUT2D eigenvalue weighted by molar-refractivity contribution is 0.173. The monoisotopic (exact) mass is 224 g/mol. The zero-order valence-electron chi connectivity index (χ0n) is 11.0. The van der Waals surface area contributed by atoms with Crippen molar-refractivity contribution in [2.75, 3.05) is 20.1 Å². The van der Waals surface area contributed by atoms with E-state index in [1.807, 2.05) is 0 Å². The van der Waals surface area contributed by atoms with Crippen LogP contribution in [0.4, 0.5) is 0 Å². The minimum Gasteiger partial charge on any atom is -0.314 e. The van der Waals surface area contributed by atoms with Crippen molar-refractivity contribution in [2.24, 2.45) is 5.92 Å². The first-order valence-corrected chi connectivity index (χ1v) is 7.21. The summed E-state index contributed by atoms with van der Waals surface area (Å²) in [6.07, 6.45) is 9.87. The highest BCUT2D eigenvalue weighted by molar-refractivity contribution is 4.81. The van der Waals surface area contributed by atoms with Crippen LogP contribution < -0.4 is 5.32 Å². The van der Waals surface area contributed by atoms with Gasteiger partial charge in [-0.25, -0.2) is 0 Å². The fourth-order valence-electron chi connectivity index (χ4n) is 3.39. The van der Waals surface area contributed by atoms with Crippen molar-refractivity contribution in [3.63, 3.8) is 0 Å². The Morgan fingerprint density at radius 1 is 1.12 bits per heavy atom. The van der Waals surface area contributed by atoms with Crippen LogP contribution in [-0.2, 0) is 0 Å². The summed E-state index contributed by atoms with van der Waals surface area (Å²) in [6, 6.07) is 1.66. The third-order valence-electron chi connectivity index (χ3n) is 4.67. The molecule has 3 atom stereocenters. The Balaban J connectivity index is 1.63. The molecule has 0 spiro atoms. The van der Waals surface area contributed by atoms with Gasteiger partial charge in [0.05, 0.1) is 0 Å². The summed E-state index contributed by atoms with van der Waals surface area (Å²) in [4.78, 5) is 2.56. The third-order valence-corrected chi connectivity index (χ3v) is 4.67. The molecule has 0 aromatic carbocycles. The molecule has 0 aromatic rings. The number of likely N-dealkylation sites (tertiary alicyclic amines) is 1. The van der Waals surface area contributed by atoms with E-state index in [-0.39, 0.29) is 0 Å². The first-order chi connectivity index (χ1) is 7.77. The Bertz CT molecular complexity index is 205. The third kappa shape index (κ3) is 3.21.